The topological polar surface area (TPSA) is 140 Å². The van der Waals surface area contributed by atoms with Gasteiger partial charge >= 0.3 is 10.2 Å². The number of phenols is 1. The predicted octanol–water partition coefficient (Wildman–Crippen LogP) is 1.30. The largest absolute Gasteiger partial charge is 0.506 e. The lowest BCUT2D eigenvalue weighted by molar-refractivity contribution is -0.117. The second-order valence-corrected chi connectivity index (χ2v) is 8.50. The van der Waals surface area contributed by atoms with E-state index in [1.165, 1.54) is 31.2 Å². The van der Waals surface area contributed by atoms with Crippen molar-refractivity contribution >= 4 is 32.6 Å². The van der Waals surface area contributed by atoms with Gasteiger partial charge in [-0.2, -0.15) is 13.7 Å². The van der Waals surface area contributed by atoms with Gasteiger partial charge in [0.2, 0.25) is 0 Å². The Morgan fingerprint density at radius 1 is 1.41 bits per heavy atom. The lowest BCUT2D eigenvalue weighted by Crippen LogP contribution is -2.30. The molecule has 1 unspecified atom stereocenters. The highest BCUT2D eigenvalue weighted by Crippen LogP contribution is 2.39. The van der Waals surface area contributed by atoms with Crippen LogP contribution in [0.5, 0.6) is 11.5 Å². The minimum Gasteiger partial charge on any atom is -0.506 e. The molecule has 2 aromatic rings. The second kappa shape index (κ2) is 7.38. The zero-order valence-electron chi connectivity index (χ0n) is 15.3. The van der Waals surface area contributed by atoms with Gasteiger partial charge in [0.1, 0.15) is 23.7 Å². The number of amides is 1. The molecule has 3 N–H and O–H groups in total. The number of aromatic hydroxyl groups is 1. The summed E-state index contributed by atoms with van der Waals surface area (Å²) < 4.78 is 46.8. The van der Waals surface area contributed by atoms with Gasteiger partial charge in [-0.15, -0.1) is 0 Å². The average Bonchev–Trinajstić information content (AvgIpc) is 2.87. The van der Waals surface area contributed by atoms with Crippen molar-refractivity contribution in [1.29, 1.82) is 5.26 Å². The number of nitriles is 1. The molecule has 0 bridgehead atoms. The summed E-state index contributed by atoms with van der Waals surface area (Å²) in [4.78, 5) is 11.4. The number of anilines is 1. The lowest BCUT2D eigenvalue weighted by Gasteiger charge is -2.20. The SMILES string of the molecule is CC(O)(CC#N)CCOc1ccc2cc(O)c(N3CC(=O)NS3(=O)=O)c(F)c2c1. The number of hydrogen-bond donors (Lipinski definition) is 3. The van der Waals surface area contributed by atoms with E-state index in [2.05, 4.69) is 0 Å². The van der Waals surface area contributed by atoms with E-state index in [9.17, 15) is 23.4 Å². The summed E-state index contributed by atoms with van der Waals surface area (Å²) in [6.45, 7) is 0.911. The van der Waals surface area contributed by atoms with Gasteiger partial charge in [0.05, 0.1) is 24.7 Å². The first kappa shape index (κ1) is 20.6. The summed E-state index contributed by atoms with van der Waals surface area (Å²) in [5, 5.41) is 29.1. The molecule has 1 aliphatic rings. The van der Waals surface area contributed by atoms with E-state index in [0.717, 1.165) is 0 Å². The minimum atomic E-state index is -4.30. The van der Waals surface area contributed by atoms with Crippen LogP contribution < -0.4 is 13.8 Å². The Morgan fingerprint density at radius 2 is 2.14 bits per heavy atom. The van der Waals surface area contributed by atoms with Crippen LogP contribution in [0.25, 0.3) is 10.8 Å². The van der Waals surface area contributed by atoms with E-state index in [4.69, 9.17) is 10.00 Å². The van der Waals surface area contributed by atoms with Crippen molar-refractivity contribution in [2.75, 3.05) is 17.5 Å². The summed E-state index contributed by atoms with van der Waals surface area (Å²) >= 11 is 0. The summed E-state index contributed by atoms with van der Waals surface area (Å²) in [5.74, 6) is -2.25. The van der Waals surface area contributed by atoms with Crippen LogP contribution in [-0.4, -0.2) is 43.3 Å². The smallest absolute Gasteiger partial charge is 0.326 e. The molecule has 1 saturated heterocycles. The van der Waals surface area contributed by atoms with Crippen LogP contribution >= 0.6 is 0 Å². The van der Waals surface area contributed by atoms with Gasteiger partial charge in [-0.1, -0.05) is 6.07 Å². The number of nitrogens with one attached hydrogen (secondary N) is 1. The minimum absolute atomic E-state index is 0.0198. The molecular weight excluding hydrogens is 405 g/mol. The Balaban J connectivity index is 1.93. The number of benzene rings is 2. The van der Waals surface area contributed by atoms with Crippen molar-refractivity contribution in [2.24, 2.45) is 0 Å². The maximum atomic E-state index is 15.1. The Hall–Kier alpha value is -3.10. The molecule has 2 aromatic carbocycles. The number of rotatable bonds is 6. The number of hydrogen-bond acceptors (Lipinski definition) is 7. The molecule has 0 radical (unpaired) electrons. The molecule has 0 spiro atoms. The van der Waals surface area contributed by atoms with Crippen molar-refractivity contribution < 1.29 is 32.6 Å². The monoisotopic (exact) mass is 423 g/mol. The maximum absolute atomic E-state index is 15.1. The number of carbonyl (C=O) groups excluding carboxylic acids is 1. The second-order valence-electron chi connectivity index (χ2n) is 6.91. The van der Waals surface area contributed by atoms with Crippen molar-refractivity contribution in [3.63, 3.8) is 0 Å². The van der Waals surface area contributed by atoms with Crippen molar-refractivity contribution in [3.05, 3.63) is 30.1 Å². The van der Waals surface area contributed by atoms with Crippen molar-refractivity contribution in [3.8, 4) is 17.6 Å². The van der Waals surface area contributed by atoms with Gasteiger partial charge < -0.3 is 14.9 Å². The molecule has 0 aromatic heterocycles. The van der Waals surface area contributed by atoms with Gasteiger partial charge in [0, 0.05) is 11.8 Å². The Bertz CT molecular complexity index is 1130. The molecule has 1 fully saturated rings. The van der Waals surface area contributed by atoms with E-state index < -0.39 is 45.5 Å². The van der Waals surface area contributed by atoms with Crippen LogP contribution in [0.2, 0.25) is 0 Å². The first-order valence-electron chi connectivity index (χ1n) is 8.55. The van der Waals surface area contributed by atoms with Crippen LogP contribution in [0.15, 0.2) is 24.3 Å². The molecule has 154 valence electrons. The standard InChI is InChI=1S/C18H18FN3O6S/c1-18(25,4-6-20)5-7-28-12-3-2-11-8-14(23)17(16(19)13(11)9-12)22-10-15(24)21-29(22,26)27/h2-3,8-9,23,25H,4-5,7,10H2,1H3,(H,21,24). The summed E-state index contributed by atoms with van der Waals surface area (Å²) in [6, 6.07) is 7.39. The molecule has 3 rings (SSSR count). The van der Waals surface area contributed by atoms with Crippen LogP contribution in [0.4, 0.5) is 10.1 Å². The number of fused-ring (bicyclic) bond motifs is 1. The molecule has 0 saturated carbocycles. The lowest BCUT2D eigenvalue weighted by atomic mass is 10.00. The van der Waals surface area contributed by atoms with Gasteiger partial charge in [-0.3, -0.25) is 4.79 Å². The fourth-order valence-corrected chi connectivity index (χ4v) is 4.09. The summed E-state index contributed by atoms with van der Waals surface area (Å²) in [5.41, 5.74) is -1.86. The number of aliphatic hydroxyl groups is 1. The first-order valence-corrected chi connectivity index (χ1v) is 9.99. The predicted molar refractivity (Wildman–Crippen MR) is 101 cm³/mol. The highest BCUT2D eigenvalue weighted by molar-refractivity contribution is 7.92. The number of nitrogens with zero attached hydrogens (tertiary/aromatic N) is 2. The highest BCUT2D eigenvalue weighted by atomic mass is 32.2. The number of carbonyl (C=O) groups is 1. The van der Waals surface area contributed by atoms with Gasteiger partial charge in [-0.05, 0) is 30.5 Å². The van der Waals surface area contributed by atoms with Crippen LogP contribution in [0, 0.1) is 17.1 Å². The summed E-state index contributed by atoms with van der Waals surface area (Å²) in [7, 11) is -4.30. The molecule has 29 heavy (non-hydrogen) atoms. The quantitative estimate of drug-likeness (QED) is 0.636. The van der Waals surface area contributed by atoms with E-state index in [1.54, 1.807) is 4.72 Å². The van der Waals surface area contributed by atoms with Crippen molar-refractivity contribution in [2.45, 2.75) is 25.4 Å². The first-order chi connectivity index (χ1) is 13.5. The van der Waals surface area contributed by atoms with Crippen LogP contribution in [-0.2, 0) is 15.0 Å². The molecule has 1 aliphatic heterocycles. The molecular formula is C18H18FN3O6S. The van der Waals surface area contributed by atoms with Crippen molar-refractivity contribution in [1.82, 2.24) is 4.72 Å². The summed E-state index contributed by atoms with van der Waals surface area (Å²) in [6.07, 6.45) is 0.101. The zero-order valence-corrected chi connectivity index (χ0v) is 16.2. The fourth-order valence-electron chi connectivity index (χ4n) is 2.93. The molecule has 0 aliphatic carbocycles. The highest BCUT2D eigenvalue weighted by Gasteiger charge is 2.37. The molecule has 11 heteroatoms. The van der Waals surface area contributed by atoms with E-state index >= 15 is 4.39 Å². The molecule has 9 nitrogen and oxygen atoms in total. The molecule has 1 amide bonds. The zero-order chi connectivity index (χ0) is 21.4. The van der Waals surface area contributed by atoms with Gasteiger partial charge in [0.15, 0.2) is 5.82 Å². The average molecular weight is 423 g/mol. The van der Waals surface area contributed by atoms with Crippen LogP contribution in [0.1, 0.15) is 19.8 Å². The van der Waals surface area contributed by atoms with E-state index in [-0.39, 0.29) is 30.6 Å². The van der Waals surface area contributed by atoms with E-state index in [0.29, 0.717) is 9.69 Å². The number of ether oxygens (including phenoxy) is 1. The third-order valence-corrected chi connectivity index (χ3v) is 5.82. The van der Waals surface area contributed by atoms with Gasteiger partial charge in [0.25, 0.3) is 5.91 Å². The number of halogens is 1. The normalized spacial score (nSPS) is 17.6. The third kappa shape index (κ3) is 4.18. The Kier molecular flexibility index (Phi) is 5.25. The van der Waals surface area contributed by atoms with Gasteiger partial charge in [-0.25, -0.2) is 13.4 Å². The Morgan fingerprint density at radius 3 is 2.76 bits per heavy atom. The molecule has 1 heterocycles. The van der Waals surface area contributed by atoms with E-state index in [1.807, 2.05) is 6.07 Å². The molecule has 1 atom stereocenters. The van der Waals surface area contributed by atoms with Crippen LogP contribution in [0.3, 0.4) is 0 Å². The third-order valence-electron chi connectivity index (χ3n) is 4.44. The maximum Gasteiger partial charge on any atom is 0.326 e. The number of phenolic OH excluding ortho intramolecular Hbond substituents is 1. The fraction of sp³-hybridized carbons (Fsp3) is 0.333. The Labute approximate surface area is 166 Å².